The standard InChI is InChI=1S/C20H26N3O10P/c1-20(12-30-2,18(26)27)23(33-13-6-4-3-5-7-13)34(29)31-11-15-14(24)10-17(32-15)22-9-8-16(25)21-19(22)28/h3-9,14-15,17,24,34H,10-12H2,1-2H3,(H,26,27)(H,21,25,28)/t14-,15+,17+,20?/m0/s1. The molecular formula is C20H26N3O10P. The maximum Gasteiger partial charge on any atom is 0.330 e. The highest BCUT2D eigenvalue weighted by Gasteiger charge is 2.46. The fourth-order valence-electron chi connectivity index (χ4n) is 3.32. The van der Waals surface area contributed by atoms with E-state index in [-0.39, 0.29) is 25.4 Å². The molecule has 14 heteroatoms. The van der Waals surface area contributed by atoms with Crippen molar-refractivity contribution in [2.75, 3.05) is 20.3 Å². The summed E-state index contributed by atoms with van der Waals surface area (Å²) in [4.78, 5) is 43.7. The number of aromatic nitrogens is 2. The molecule has 1 aromatic heterocycles. The van der Waals surface area contributed by atoms with E-state index in [9.17, 15) is 29.2 Å². The van der Waals surface area contributed by atoms with Gasteiger partial charge in [0.15, 0.2) is 5.54 Å². The first kappa shape index (κ1) is 25.8. The maximum atomic E-state index is 13.1. The minimum Gasteiger partial charge on any atom is -0.480 e. The average Bonchev–Trinajstić information content (AvgIpc) is 3.16. The maximum absolute atomic E-state index is 13.1. The number of aliphatic carboxylic acids is 1. The van der Waals surface area contributed by atoms with Crippen molar-refractivity contribution in [2.45, 2.75) is 37.3 Å². The van der Waals surface area contributed by atoms with Crippen molar-refractivity contribution in [3.63, 3.8) is 0 Å². The van der Waals surface area contributed by atoms with Gasteiger partial charge in [-0.05, 0) is 23.9 Å². The number of methoxy groups -OCH3 is 1. The second kappa shape index (κ2) is 11.1. The quantitative estimate of drug-likeness (QED) is 0.288. The summed E-state index contributed by atoms with van der Waals surface area (Å²) in [6.45, 7) is 0.521. The Balaban J connectivity index is 1.74. The predicted octanol–water partition coefficient (Wildman–Crippen LogP) is 0.377. The minimum absolute atomic E-state index is 0.0155. The summed E-state index contributed by atoms with van der Waals surface area (Å²) in [5.41, 5.74) is -3.16. The van der Waals surface area contributed by atoms with Crippen molar-refractivity contribution in [1.82, 2.24) is 14.4 Å². The molecule has 13 nitrogen and oxygen atoms in total. The Bertz CT molecular complexity index is 1120. The third-order valence-electron chi connectivity index (χ3n) is 5.18. The molecule has 1 saturated heterocycles. The number of nitrogens with zero attached hydrogens (tertiary/aromatic N) is 2. The van der Waals surface area contributed by atoms with E-state index in [0.717, 1.165) is 15.5 Å². The van der Waals surface area contributed by atoms with E-state index >= 15 is 0 Å². The largest absolute Gasteiger partial charge is 0.480 e. The van der Waals surface area contributed by atoms with Gasteiger partial charge in [-0.3, -0.25) is 18.9 Å². The molecular weight excluding hydrogens is 473 g/mol. The van der Waals surface area contributed by atoms with Gasteiger partial charge in [0.25, 0.3) is 13.7 Å². The van der Waals surface area contributed by atoms with Crippen molar-refractivity contribution < 1.29 is 38.4 Å². The van der Waals surface area contributed by atoms with Gasteiger partial charge in [-0.2, -0.15) is 0 Å². The third-order valence-corrected chi connectivity index (χ3v) is 6.51. The Morgan fingerprint density at radius 2 is 2.03 bits per heavy atom. The van der Waals surface area contributed by atoms with E-state index in [1.165, 1.54) is 20.2 Å². The number of ether oxygens (including phenoxy) is 2. The zero-order valence-electron chi connectivity index (χ0n) is 18.4. The summed E-state index contributed by atoms with van der Waals surface area (Å²) in [7, 11) is -2.07. The van der Waals surface area contributed by atoms with E-state index in [1.54, 1.807) is 30.3 Å². The number of nitrogens with one attached hydrogen (secondary N) is 1. The highest BCUT2D eigenvalue weighted by atomic mass is 31.1. The first-order valence-electron chi connectivity index (χ1n) is 10.2. The molecule has 186 valence electrons. The fraction of sp³-hybridized carbons (Fsp3) is 0.450. The molecule has 0 radical (unpaired) electrons. The summed E-state index contributed by atoms with van der Waals surface area (Å²) < 4.78 is 30.3. The van der Waals surface area contributed by atoms with Gasteiger partial charge >= 0.3 is 11.7 Å². The molecule has 2 aromatic rings. The summed E-state index contributed by atoms with van der Waals surface area (Å²) in [6.07, 6.45) is -1.68. The van der Waals surface area contributed by atoms with Crippen LogP contribution in [0.15, 0.2) is 52.2 Å². The molecule has 3 rings (SSSR count). The second-order valence-corrected chi connectivity index (χ2v) is 8.96. The molecule has 1 aliphatic heterocycles. The van der Waals surface area contributed by atoms with Crippen LogP contribution in [0.25, 0.3) is 0 Å². The summed E-state index contributed by atoms with van der Waals surface area (Å²) in [5, 5.41) is 20.1. The number of hydrogen-bond acceptors (Lipinski definition) is 9. The molecule has 1 aliphatic rings. The molecule has 34 heavy (non-hydrogen) atoms. The Kier molecular flexibility index (Phi) is 8.42. The van der Waals surface area contributed by atoms with Crippen LogP contribution in [-0.2, 0) is 23.4 Å². The van der Waals surface area contributed by atoms with E-state index in [4.69, 9.17) is 18.8 Å². The molecule has 0 bridgehead atoms. The first-order chi connectivity index (χ1) is 16.2. The number of aliphatic hydroxyl groups excluding tert-OH is 1. The molecule has 2 unspecified atom stereocenters. The molecule has 0 saturated carbocycles. The van der Waals surface area contributed by atoms with Crippen molar-refractivity contribution in [2.24, 2.45) is 0 Å². The van der Waals surface area contributed by atoms with Crippen LogP contribution in [0, 0.1) is 0 Å². The lowest BCUT2D eigenvalue weighted by Gasteiger charge is -2.34. The number of aromatic amines is 1. The topological polar surface area (TPSA) is 170 Å². The van der Waals surface area contributed by atoms with Gasteiger partial charge in [-0.1, -0.05) is 18.2 Å². The first-order valence-corrected chi connectivity index (χ1v) is 11.5. The Morgan fingerprint density at radius 3 is 2.65 bits per heavy atom. The summed E-state index contributed by atoms with van der Waals surface area (Å²) in [5.74, 6) is -1.13. The molecule has 1 aromatic carbocycles. The van der Waals surface area contributed by atoms with Gasteiger partial charge in [0, 0.05) is 25.8 Å². The van der Waals surface area contributed by atoms with Crippen LogP contribution < -0.4 is 16.1 Å². The summed E-state index contributed by atoms with van der Waals surface area (Å²) in [6, 6.07) is 9.27. The lowest BCUT2D eigenvalue weighted by atomic mass is 10.1. The average molecular weight is 499 g/mol. The molecule has 0 spiro atoms. The van der Waals surface area contributed by atoms with Crippen LogP contribution in [0.5, 0.6) is 5.75 Å². The normalized spacial score (nSPS) is 22.9. The van der Waals surface area contributed by atoms with Crippen molar-refractivity contribution in [3.05, 3.63) is 63.4 Å². The number of hydroxylamine groups is 1. The van der Waals surface area contributed by atoms with Gasteiger partial charge in [0.1, 0.15) is 18.1 Å². The van der Waals surface area contributed by atoms with Gasteiger partial charge < -0.3 is 29.0 Å². The van der Waals surface area contributed by atoms with Gasteiger partial charge in [-0.25, -0.2) is 9.59 Å². The predicted molar refractivity (Wildman–Crippen MR) is 118 cm³/mol. The van der Waals surface area contributed by atoms with Crippen LogP contribution >= 0.6 is 8.18 Å². The number of aliphatic hydroxyl groups is 1. The molecule has 2 heterocycles. The van der Waals surface area contributed by atoms with Crippen LogP contribution in [0.1, 0.15) is 19.6 Å². The van der Waals surface area contributed by atoms with Gasteiger partial charge in [-0.15, -0.1) is 0 Å². The Morgan fingerprint density at radius 1 is 1.32 bits per heavy atom. The molecule has 5 atom stereocenters. The van der Waals surface area contributed by atoms with Crippen molar-refractivity contribution in [3.8, 4) is 5.75 Å². The lowest BCUT2D eigenvalue weighted by Crippen LogP contribution is -2.54. The van der Waals surface area contributed by atoms with Crippen LogP contribution in [-0.4, -0.2) is 68.6 Å². The molecule has 0 aliphatic carbocycles. The number of para-hydroxylation sites is 1. The minimum atomic E-state index is -3.36. The SMILES string of the molecule is COCC(C)(C(=O)O)N(Oc1ccccc1)[PH](=O)OC[C@H]1O[C@@H](n2ccc(=O)[nH]c2=O)C[C@@H]1O. The number of carbonyl (C=O) groups is 1. The number of carboxylic acids is 1. The number of rotatable bonds is 11. The fourth-order valence-corrected chi connectivity index (χ4v) is 4.48. The van der Waals surface area contributed by atoms with E-state index in [2.05, 4.69) is 4.98 Å². The number of benzene rings is 1. The van der Waals surface area contributed by atoms with Crippen molar-refractivity contribution >= 4 is 14.1 Å². The molecule has 3 N–H and O–H groups in total. The van der Waals surface area contributed by atoms with E-state index < -0.39 is 49.4 Å². The van der Waals surface area contributed by atoms with E-state index in [1.807, 2.05) is 0 Å². The Hall–Kier alpha value is -2.80. The van der Waals surface area contributed by atoms with Crippen molar-refractivity contribution in [1.29, 1.82) is 0 Å². The smallest absolute Gasteiger partial charge is 0.330 e. The summed E-state index contributed by atoms with van der Waals surface area (Å²) >= 11 is 0. The zero-order chi connectivity index (χ0) is 24.9. The second-order valence-electron chi connectivity index (χ2n) is 7.74. The van der Waals surface area contributed by atoms with Crippen LogP contribution in [0.4, 0.5) is 0 Å². The number of carboxylic acid groups (broad SMARTS) is 1. The zero-order valence-corrected chi connectivity index (χ0v) is 19.4. The van der Waals surface area contributed by atoms with Gasteiger partial charge in [0.05, 0.1) is 19.3 Å². The van der Waals surface area contributed by atoms with Crippen LogP contribution in [0.3, 0.4) is 0 Å². The number of hydrogen-bond donors (Lipinski definition) is 3. The van der Waals surface area contributed by atoms with Gasteiger partial charge in [0.2, 0.25) is 0 Å². The van der Waals surface area contributed by atoms with E-state index in [0.29, 0.717) is 0 Å². The molecule has 0 amide bonds. The highest BCUT2D eigenvalue weighted by molar-refractivity contribution is 7.36. The lowest BCUT2D eigenvalue weighted by molar-refractivity contribution is -0.167. The number of H-pyrrole nitrogens is 1. The van der Waals surface area contributed by atoms with Crippen LogP contribution in [0.2, 0.25) is 0 Å². The highest BCUT2D eigenvalue weighted by Crippen LogP contribution is 2.39. The molecule has 1 fully saturated rings. The Labute approximate surface area is 194 Å². The third kappa shape index (κ3) is 5.81. The monoisotopic (exact) mass is 499 g/mol.